The minimum absolute atomic E-state index is 0.00106. The highest BCUT2D eigenvalue weighted by molar-refractivity contribution is 5.62. The average Bonchev–Trinajstić information content (AvgIpc) is 2.75. The van der Waals surface area contributed by atoms with Crippen molar-refractivity contribution in [3.8, 4) is 16.9 Å². The first kappa shape index (κ1) is 13.4. The van der Waals surface area contributed by atoms with Gasteiger partial charge in [-0.15, -0.1) is 0 Å². The second-order valence-corrected chi connectivity index (χ2v) is 5.46. The first-order valence-electron chi connectivity index (χ1n) is 7.02. The van der Waals surface area contributed by atoms with Crippen molar-refractivity contribution in [1.82, 2.24) is 9.78 Å². The van der Waals surface area contributed by atoms with E-state index in [2.05, 4.69) is 11.2 Å². The standard InChI is InChI=1S/C18H18N2O/c1-12-9-13(2)11-16(10-12)20-18(21)14(3)17(19-20)15-7-5-4-6-8-15/h4-11,19H,1-3H3. The summed E-state index contributed by atoms with van der Waals surface area (Å²) in [6.45, 7) is 5.94. The Hall–Kier alpha value is -2.55. The maximum absolute atomic E-state index is 12.5. The van der Waals surface area contributed by atoms with Crippen molar-refractivity contribution in [3.05, 3.63) is 75.6 Å². The first-order chi connectivity index (χ1) is 10.1. The number of nitrogens with one attached hydrogen (secondary N) is 1. The smallest absolute Gasteiger partial charge is 0.274 e. The summed E-state index contributed by atoms with van der Waals surface area (Å²) in [7, 11) is 0. The highest BCUT2D eigenvalue weighted by Gasteiger charge is 2.13. The number of hydrogen-bond acceptors (Lipinski definition) is 1. The van der Waals surface area contributed by atoms with E-state index in [9.17, 15) is 4.79 Å². The number of aromatic nitrogens is 2. The molecule has 0 amide bonds. The Morgan fingerprint density at radius 1 is 0.905 bits per heavy atom. The molecule has 2 aromatic carbocycles. The number of aromatic amines is 1. The lowest BCUT2D eigenvalue weighted by molar-refractivity contribution is 0.848. The summed E-state index contributed by atoms with van der Waals surface area (Å²) in [6, 6.07) is 16.1. The minimum atomic E-state index is -0.00106. The molecular weight excluding hydrogens is 260 g/mol. The molecule has 0 fully saturated rings. The molecule has 0 atom stereocenters. The first-order valence-corrected chi connectivity index (χ1v) is 7.02. The van der Waals surface area contributed by atoms with Crippen LogP contribution in [0.1, 0.15) is 16.7 Å². The maximum Gasteiger partial charge on any atom is 0.274 e. The molecular formula is C18H18N2O. The summed E-state index contributed by atoms with van der Waals surface area (Å²) in [5, 5.41) is 3.24. The van der Waals surface area contributed by atoms with Gasteiger partial charge in [-0.05, 0) is 49.6 Å². The summed E-state index contributed by atoms with van der Waals surface area (Å²) in [6.07, 6.45) is 0. The lowest BCUT2D eigenvalue weighted by Gasteiger charge is -2.05. The molecule has 3 heteroatoms. The van der Waals surface area contributed by atoms with Gasteiger partial charge in [0.05, 0.1) is 11.4 Å². The molecule has 106 valence electrons. The van der Waals surface area contributed by atoms with Crippen LogP contribution in [0.15, 0.2) is 53.3 Å². The molecule has 1 N–H and O–H groups in total. The van der Waals surface area contributed by atoms with E-state index in [1.165, 1.54) is 0 Å². The number of benzene rings is 2. The fraction of sp³-hybridized carbons (Fsp3) is 0.167. The molecule has 21 heavy (non-hydrogen) atoms. The van der Waals surface area contributed by atoms with Gasteiger partial charge in [0.25, 0.3) is 5.56 Å². The Morgan fingerprint density at radius 3 is 2.14 bits per heavy atom. The molecule has 0 unspecified atom stereocenters. The lowest BCUT2D eigenvalue weighted by atomic mass is 10.1. The molecule has 0 bridgehead atoms. The molecule has 0 aliphatic carbocycles. The van der Waals surface area contributed by atoms with Crippen molar-refractivity contribution >= 4 is 0 Å². The molecule has 3 rings (SSSR count). The van der Waals surface area contributed by atoms with Gasteiger partial charge in [0.1, 0.15) is 0 Å². The van der Waals surface area contributed by atoms with E-state index in [0.29, 0.717) is 0 Å². The van der Waals surface area contributed by atoms with Gasteiger partial charge in [-0.3, -0.25) is 9.89 Å². The van der Waals surface area contributed by atoms with E-state index in [1.54, 1.807) is 4.68 Å². The van der Waals surface area contributed by atoms with Crippen molar-refractivity contribution in [3.63, 3.8) is 0 Å². The molecule has 0 aliphatic heterocycles. The average molecular weight is 278 g/mol. The van der Waals surface area contributed by atoms with E-state index >= 15 is 0 Å². The van der Waals surface area contributed by atoms with Crippen LogP contribution >= 0.6 is 0 Å². The molecule has 0 saturated heterocycles. The predicted octanol–water partition coefficient (Wildman–Crippen LogP) is 3.76. The molecule has 0 aliphatic rings. The van der Waals surface area contributed by atoms with Crippen LogP contribution in [0.4, 0.5) is 0 Å². The zero-order valence-corrected chi connectivity index (χ0v) is 12.5. The third kappa shape index (κ3) is 2.42. The Bertz CT molecular complexity index is 821. The Labute approximate surface area is 123 Å². The van der Waals surface area contributed by atoms with Crippen LogP contribution in [0.25, 0.3) is 16.9 Å². The Balaban J connectivity index is 2.20. The summed E-state index contributed by atoms with van der Waals surface area (Å²) in [5.74, 6) is 0. The van der Waals surface area contributed by atoms with E-state index < -0.39 is 0 Å². The predicted molar refractivity (Wildman–Crippen MR) is 86.0 cm³/mol. The van der Waals surface area contributed by atoms with Crippen LogP contribution in [0.3, 0.4) is 0 Å². The van der Waals surface area contributed by atoms with Crippen LogP contribution in [0.5, 0.6) is 0 Å². The SMILES string of the molecule is Cc1cc(C)cc(-n2[nH]c(-c3ccccc3)c(C)c2=O)c1. The molecule has 0 radical (unpaired) electrons. The van der Waals surface area contributed by atoms with Crippen LogP contribution in [0.2, 0.25) is 0 Å². The second-order valence-electron chi connectivity index (χ2n) is 5.46. The third-order valence-corrected chi connectivity index (χ3v) is 3.65. The highest BCUT2D eigenvalue weighted by atomic mass is 16.1. The lowest BCUT2D eigenvalue weighted by Crippen LogP contribution is -2.16. The summed E-state index contributed by atoms with van der Waals surface area (Å²) in [5.41, 5.74) is 5.80. The van der Waals surface area contributed by atoms with E-state index in [4.69, 9.17) is 0 Å². The maximum atomic E-state index is 12.5. The van der Waals surface area contributed by atoms with Gasteiger partial charge in [0.2, 0.25) is 0 Å². The molecule has 3 aromatic rings. The monoisotopic (exact) mass is 278 g/mol. The topological polar surface area (TPSA) is 37.8 Å². The number of H-pyrrole nitrogens is 1. The number of aryl methyl sites for hydroxylation is 2. The van der Waals surface area contributed by atoms with Crippen LogP contribution < -0.4 is 5.56 Å². The van der Waals surface area contributed by atoms with Gasteiger partial charge < -0.3 is 0 Å². The minimum Gasteiger partial charge on any atom is -0.290 e. The van der Waals surface area contributed by atoms with Gasteiger partial charge in [0.15, 0.2) is 0 Å². The number of rotatable bonds is 2. The zero-order chi connectivity index (χ0) is 15.0. The van der Waals surface area contributed by atoms with Gasteiger partial charge in [-0.25, -0.2) is 4.68 Å². The molecule has 3 nitrogen and oxygen atoms in total. The van der Waals surface area contributed by atoms with Crippen molar-refractivity contribution in [2.24, 2.45) is 0 Å². The van der Waals surface area contributed by atoms with E-state index in [-0.39, 0.29) is 5.56 Å². The largest absolute Gasteiger partial charge is 0.290 e. The third-order valence-electron chi connectivity index (χ3n) is 3.65. The van der Waals surface area contributed by atoms with Gasteiger partial charge in [-0.1, -0.05) is 36.4 Å². The van der Waals surface area contributed by atoms with Gasteiger partial charge in [0, 0.05) is 5.56 Å². The normalized spacial score (nSPS) is 10.8. The number of hydrogen-bond donors (Lipinski definition) is 1. The van der Waals surface area contributed by atoms with Crippen molar-refractivity contribution in [1.29, 1.82) is 0 Å². The van der Waals surface area contributed by atoms with Crippen molar-refractivity contribution in [2.75, 3.05) is 0 Å². The second kappa shape index (κ2) is 5.09. The van der Waals surface area contributed by atoms with Crippen molar-refractivity contribution in [2.45, 2.75) is 20.8 Å². The Morgan fingerprint density at radius 2 is 1.52 bits per heavy atom. The zero-order valence-electron chi connectivity index (χ0n) is 12.5. The van der Waals surface area contributed by atoms with E-state index in [0.717, 1.165) is 33.6 Å². The molecule has 0 spiro atoms. The van der Waals surface area contributed by atoms with E-state index in [1.807, 2.05) is 63.2 Å². The van der Waals surface area contributed by atoms with Crippen molar-refractivity contribution < 1.29 is 0 Å². The Kier molecular flexibility index (Phi) is 3.26. The summed E-state index contributed by atoms with van der Waals surface area (Å²) >= 11 is 0. The molecule has 1 heterocycles. The van der Waals surface area contributed by atoms with Gasteiger partial charge >= 0.3 is 0 Å². The number of nitrogens with zero attached hydrogens (tertiary/aromatic N) is 1. The summed E-state index contributed by atoms with van der Waals surface area (Å²) < 4.78 is 1.62. The molecule has 0 saturated carbocycles. The molecule has 1 aromatic heterocycles. The quantitative estimate of drug-likeness (QED) is 0.761. The van der Waals surface area contributed by atoms with Gasteiger partial charge in [-0.2, -0.15) is 0 Å². The van der Waals surface area contributed by atoms with Crippen LogP contribution in [0, 0.1) is 20.8 Å². The highest BCUT2D eigenvalue weighted by Crippen LogP contribution is 2.20. The summed E-state index contributed by atoms with van der Waals surface area (Å²) in [4.78, 5) is 12.5. The fourth-order valence-corrected chi connectivity index (χ4v) is 2.67. The van der Waals surface area contributed by atoms with Crippen LogP contribution in [-0.4, -0.2) is 9.78 Å². The van der Waals surface area contributed by atoms with Crippen LogP contribution in [-0.2, 0) is 0 Å². The fourth-order valence-electron chi connectivity index (χ4n) is 2.67.